The zero-order valence-electron chi connectivity index (χ0n) is 12.9. The van der Waals surface area contributed by atoms with Crippen LogP contribution in [-0.2, 0) is 14.8 Å². The molecular formula is C15H20FN3O3S. The molecule has 0 radical (unpaired) electrons. The highest BCUT2D eigenvalue weighted by Gasteiger charge is 2.26. The Morgan fingerprint density at radius 2 is 1.96 bits per heavy atom. The van der Waals surface area contributed by atoms with Crippen LogP contribution in [0.25, 0.3) is 0 Å². The van der Waals surface area contributed by atoms with Gasteiger partial charge in [-0.25, -0.2) is 17.5 Å². The number of rotatable bonds is 6. The summed E-state index contributed by atoms with van der Waals surface area (Å²) in [4.78, 5) is 2.09. The average molecular weight is 341 g/mol. The van der Waals surface area contributed by atoms with E-state index < -0.39 is 15.3 Å². The predicted molar refractivity (Wildman–Crippen MR) is 83.5 cm³/mol. The molecule has 1 N–H and O–H groups in total. The largest absolute Gasteiger partial charge is 0.379 e. The molecule has 2 atom stereocenters. The Balaban J connectivity index is 2.17. The van der Waals surface area contributed by atoms with Crippen molar-refractivity contribution in [3.05, 3.63) is 35.6 Å². The fourth-order valence-electron chi connectivity index (χ4n) is 2.42. The third-order valence-electron chi connectivity index (χ3n) is 3.87. The van der Waals surface area contributed by atoms with Crippen molar-refractivity contribution < 1.29 is 17.5 Å². The van der Waals surface area contributed by atoms with Crippen molar-refractivity contribution in [2.24, 2.45) is 0 Å². The number of hydrogen-bond donors (Lipinski definition) is 1. The van der Waals surface area contributed by atoms with Gasteiger partial charge in [0.1, 0.15) is 5.82 Å². The van der Waals surface area contributed by atoms with E-state index in [1.54, 1.807) is 18.2 Å². The molecule has 0 aliphatic carbocycles. The van der Waals surface area contributed by atoms with Gasteiger partial charge in [-0.05, 0) is 24.6 Å². The molecule has 0 bridgehead atoms. The number of hydrogen-bond acceptors (Lipinski definition) is 5. The quantitative estimate of drug-likeness (QED) is 0.836. The molecular weight excluding hydrogens is 321 g/mol. The van der Waals surface area contributed by atoms with Gasteiger partial charge in [0.25, 0.3) is 0 Å². The van der Waals surface area contributed by atoms with Gasteiger partial charge in [0.15, 0.2) is 5.25 Å². The van der Waals surface area contributed by atoms with Gasteiger partial charge in [0.2, 0.25) is 10.0 Å². The SMILES string of the molecule is C[C@H](C#N)S(=O)(=O)NC[C@@H](c1ccc(F)cc1)N1CCOCC1. The molecule has 0 aromatic heterocycles. The van der Waals surface area contributed by atoms with Crippen molar-refractivity contribution in [3.8, 4) is 6.07 Å². The lowest BCUT2D eigenvalue weighted by Gasteiger charge is -2.35. The third kappa shape index (κ3) is 4.72. The van der Waals surface area contributed by atoms with Crippen LogP contribution in [0.5, 0.6) is 0 Å². The summed E-state index contributed by atoms with van der Waals surface area (Å²) in [7, 11) is -3.70. The van der Waals surface area contributed by atoms with Crippen LogP contribution in [0.15, 0.2) is 24.3 Å². The van der Waals surface area contributed by atoms with Gasteiger partial charge in [0.05, 0.1) is 19.3 Å². The van der Waals surface area contributed by atoms with E-state index in [-0.39, 0.29) is 18.4 Å². The normalized spacial score (nSPS) is 19.0. The molecule has 0 spiro atoms. The molecule has 1 saturated heterocycles. The van der Waals surface area contributed by atoms with Gasteiger partial charge in [-0.15, -0.1) is 0 Å². The van der Waals surface area contributed by atoms with E-state index in [0.29, 0.717) is 26.3 Å². The van der Waals surface area contributed by atoms with E-state index in [4.69, 9.17) is 10.00 Å². The predicted octanol–water partition coefficient (Wildman–Crippen LogP) is 1.03. The van der Waals surface area contributed by atoms with Crippen molar-refractivity contribution in [1.82, 2.24) is 9.62 Å². The second kappa shape index (κ2) is 7.84. The molecule has 6 nitrogen and oxygen atoms in total. The monoisotopic (exact) mass is 341 g/mol. The number of nitriles is 1. The highest BCUT2D eigenvalue weighted by Crippen LogP contribution is 2.22. The van der Waals surface area contributed by atoms with Gasteiger partial charge in [-0.3, -0.25) is 4.90 Å². The van der Waals surface area contributed by atoms with E-state index >= 15 is 0 Å². The van der Waals surface area contributed by atoms with E-state index in [1.165, 1.54) is 19.1 Å². The highest BCUT2D eigenvalue weighted by molar-refractivity contribution is 7.90. The molecule has 1 aliphatic heterocycles. The maximum Gasteiger partial charge on any atom is 0.227 e. The summed E-state index contributed by atoms with van der Waals surface area (Å²) < 4.78 is 44.9. The van der Waals surface area contributed by atoms with Crippen LogP contribution in [0, 0.1) is 17.1 Å². The van der Waals surface area contributed by atoms with Gasteiger partial charge < -0.3 is 4.74 Å². The van der Waals surface area contributed by atoms with Crippen molar-refractivity contribution in [2.45, 2.75) is 18.2 Å². The number of nitrogens with zero attached hydrogens (tertiary/aromatic N) is 2. The van der Waals surface area contributed by atoms with Crippen molar-refractivity contribution in [2.75, 3.05) is 32.8 Å². The summed E-state index contributed by atoms with van der Waals surface area (Å²) >= 11 is 0. The zero-order chi connectivity index (χ0) is 16.9. The lowest BCUT2D eigenvalue weighted by Crippen LogP contribution is -2.44. The minimum atomic E-state index is -3.70. The summed E-state index contributed by atoms with van der Waals surface area (Å²) in [6.07, 6.45) is 0. The average Bonchev–Trinajstić information content (AvgIpc) is 2.56. The molecule has 23 heavy (non-hydrogen) atoms. The van der Waals surface area contributed by atoms with Crippen LogP contribution in [-0.4, -0.2) is 51.4 Å². The van der Waals surface area contributed by atoms with Gasteiger partial charge in [-0.2, -0.15) is 5.26 Å². The number of morpholine rings is 1. The molecule has 1 heterocycles. The van der Waals surface area contributed by atoms with Gasteiger partial charge >= 0.3 is 0 Å². The second-order valence-electron chi connectivity index (χ2n) is 5.38. The number of halogens is 1. The zero-order valence-corrected chi connectivity index (χ0v) is 13.7. The van der Waals surface area contributed by atoms with Crippen molar-refractivity contribution in [3.63, 3.8) is 0 Å². The summed E-state index contributed by atoms with van der Waals surface area (Å²) in [5.74, 6) is -0.340. The van der Waals surface area contributed by atoms with Crippen LogP contribution in [0.3, 0.4) is 0 Å². The number of ether oxygens (including phenoxy) is 1. The fourth-order valence-corrected chi connectivity index (χ4v) is 3.20. The third-order valence-corrected chi connectivity index (χ3v) is 5.47. The highest BCUT2D eigenvalue weighted by atomic mass is 32.2. The molecule has 0 amide bonds. The summed E-state index contributed by atoms with van der Waals surface area (Å²) in [5, 5.41) is 7.67. The molecule has 1 aromatic rings. The molecule has 0 unspecified atom stereocenters. The Labute approximate surface area is 135 Å². The van der Waals surface area contributed by atoms with Crippen LogP contribution in [0.2, 0.25) is 0 Å². The van der Waals surface area contributed by atoms with Crippen molar-refractivity contribution in [1.29, 1.82) is 5.26 Å². The van der Waals surface area contributed by atoms with E-state index in [9.17, 15) is 12.8 Å². The Bertz CT molecular complexity index is 652. The Morgan fingerprint density at radius 1 is 1.35 bits per heavy atom. The molecule has 2 rings (SSSR count). The lowest BCUT2D eigenvalue weighted by atomic mass is 10.0. The van der Waals surface area contributed by atoms with Crippen molar-refractivity contribution >= 4 is 10.0 Å². The Hall–Kier alpha value is -1.53. The molecule has 1 aromatic carbocycles. The maximum absolute atomic E-state index is 13.1. The Morgan fingerprint density at radius 3 is 2.52 bits per heavy atom. The van der Waals surface area contributed by atoms with E-state index in [1.807, 2.05) is 0 Å². The molecule has 1 fully saturated rings. The fraction of sp³-hybridized carbons (Fsp3) is 0.533. The first-order valence-corrected chi connectivity index (χ1v) is 8.94. The number of nitrogens with one attached hydrogen (secondary N) is 1. The lowest BCUT2D eigenvalue weighted by molar-refractivity contribution is 0.0172. The van der Waals surface area contributed by atoms with Crippen LogP contribution < -0.4 is 4.72 Å². The van der Waals surface area contributed by atoms with Gasteiger partial charge in [-0.1, -0.05) is 12.1 Å². The second-order valence-corrected chi connectivity index (χ2v) is 7.47. The van der Waals surface area contributed by atoms with E-state index in [0.717, 1.165) is 5.56 Å². The first-order valence-electron chi connectivity index (χ1n) is 7.39. The smallest absolute Gasteiger partial charge is 0.227 e. The van der Waals surface area contributed by atoms with Crippen LogP contribution >= 0.6 is 0 Å². The standard InChI is InChI=1S/C15H20FN3O3S/c1-12(10-17)23(20,21)18-11-15(19-6-8-22-9-7-19)13-2-4-14(16)5-3-13/h2-5,12,15,18H,6-9,11H2,1H3/t12-,15+/m1/s1. The van der Waals surface area contributed by atoms with E-state index in [2.05, 4.69) is 9.62 Å². The minimum Gasteiger partial charge on any atom is -0.379 e. The first kappa shape index (κ1) is 17.8. The maximum atomic E-state index is 13.1. The first-order chi connectivity index (χ1) is 10.9. The van der Waals surface area contributed by atoms with Crippen LogP contribution in [0.1, 0.15) is 18.5 Å². The molecule has 126 valence electrons. The topological polar surface area (TPSA) is 82.4 Å². The molecule has 0 saturated carbocycles. The summed E-state index contributed by atoms with van der Waals surface area (Å²) in [6, 6.07) is 7.50. The summed E-state index contributed by atoms with van der Waals surface area (Å²) in [5.41, 5.74) is 0.820. The van der Waals surface area contributed by atoms with Gasteiger partial charge in [0, 0.05) is 25.7 Å². The molecule has 8 heteroatoms. The molecule has 1 aliphatic rings. The number of benzene rings is 1. The summed E-state index contributed by atoms with van der Waals surface area (Å²) in [6.45, 7) is 3.93. The number of sulfonamides is 1. The minimum absolute atomic E-state index is 0.125. The Kier molecular flexibility index (Phi) is 6.07. The van der Waals surface area contributed by atoms with Crippen LogP contribution in [0.4, 0.5) is 4.39 Å².